The number of oxazole rings is 1. The predicted molar refractivity (Wildman–Crippen MR) is 94.6 cm³/mol. The van der Waals surface area contributed by atoms with E-state index in [4.69, 9.17) is 13.9 Å². The average molecular weight is 357 g/mol. The monoisotopic (exact) mass is 357 g/mol. The lowest BCUT2D eigenvalue weighted by molar-refractivity contribution is 0.0217. The minimum atomic E-state index is -0.0417. The van der Waals surface area contributed by atoms with Crippen LogP contribution in [-0.2, 0) is 0 Å². The number of methoxy groups -OCH3 is 1. The molecule has 4 heterocycles. The number of nitrogens with zero attached hydrogens (tertiary/aromatic N) is 2. The summed E-state index contributed by atoms with van der Waals surface area (Å²) < 4.78 is 15.6. The number of hydrogen-bond acceptors (Lipinski definition) is 6. The zero-order chi connectivity index (χ0) is 18.1. The van der Waals surface area contributed by atoms with Crippen LogP contribution in [0.25, 0.3) is 0 Å². The van der Waals surface area contributed by atoms with Crippen molar-refractivity contribution in [1.29, 1.82) is 0 Å². The fraction of sp³-hybridized carbons (Fsp3) is 0.474. The van der Waals surface area contributed by atoms with E-state index in [2.05, 4.69) is 22.1 Å². The molecular weight excluding hydrogens is 334 g/mol. The van der Waals surface area contributed by atoms with E-state index in [1.165, 1.54) is 26.1 Å². The number of rotatable bonds is 5. The molecule has 2 aromatic rings. The number of aromatic nitrogens is 1. The fourth-order valence-electron chi connectivity index (χ4n) is 3.94. The first-order valence-corrected chi connectivity index (χ1v) is 8.96. The number of fused-ring (bicyclic) bond motifs is 3. The Kier molecular flexibility index (Phi) is 4.55. The molecule has 3 fully saturated rings. The van der Waals surface area contributed by atoms with Crippen LogP contribution in [0.5, 0.6) is 17.8 Å². The summed E-state index contributed by atoms with van der Waals surface area (Å²) in [5, 5.41) is 3.23. The number of carbonyl (C=O) groups excluding carboxylic acids is 1. The number of carbonyl (C=O) groups is 1. The van der Waals surface area contributed by atoms with E-state index in [0.717, 1.165) is 13.1 Å². The highest BCUT2D eigenvalue weighted by atomic mass is 16.7. The van der Waals surface area contributed by atoms with Crippen molar-refractivity contribution in [1.82, 2.24) is 15.2 Å². The minimum absolute atomic E-state index is 0.0417. The van der Waals surface area contributed by atoms with Gasteiger partial charge in [0.1, 0.15) is 11.9 Å². The zero-order valence-corrected chi connectivity index (χ0v) is 15.0. The molecule has 1 amide bonds. The van der Waals surface area contributed by atoms with E-state index in [1.54, 1.807) is 24.3 Å². The van der Waals surface area contributed by atoms with Gasteiger partial charge in [-0.15, -0.1) is 0 Å². The summed E-state index contributed by atoms with van der Waals surface area (Å²) in [5.41, 5.74) is 0.617. The maximum atomic E-state index is 12.6. The van der Waals surface area contributed by atoms with Crippen LogP contribution in [0.15, 0.2) is 34.9 Å². The van der Waals surface area contributed by atoms with Crippen molar-refractivity contribution in [2.45, 2.75) is 31.8 Å². The number of nitrogens with one attached hydrogen (secondary N) is 1. The zero-order valence-electron chi connectivity index (χ0n) is 15.0. The molecule has 5 rings (SSSR count). The summed E-state index contributed by atoms with van der Waals surface area (Å²) in [5.74, 6) is 1.37. The third-order valence-electron chi connectivity index (χ3n) is 5.46. The Bertz CT molecular complexity index is 763. The highest BCUT2D eigenvalue weighted by Gasteiger charge is 2.40. The summed E-state index contributed by atoms with van der Waals surface area (Å²) in [6, 6.07) is 7.57. The summed E-state index contributed by atoms with van der Waals surface area (Å²) in [7, 11) is 1.49. The number of ether oxygens (including phenoxy) is 2. The van der Waals surface area contributed by atoms with E-state index in [-0.39, 0.29) is 24.0 Å². The highest BCUT2D eigenvalue weighted by Crippen LogP contribution is 2.32. The summed E-state index contributed by atoms with van der Waals surface area (Å²) >= 11 is 0. The second-order valence-corrected chi connectivity index (χ2v) is 6.89. The molecule has 2 atom stereocenters. The van der Waals surface area contributed by atoms with Crippen LogP contribution < -0.4 is 14.8 Å². The number of piperidine rings is 3. The molecular formula is C19H23N3O4. The molecule has 7 nitrogen and oxygen atoms in total. The smallest absolute Gasteiger partial charge is 0.402 e. The van der Waals surface area contributed by atoms with Gasteiger partial charge < -0.3 is 19.2 Å². The van der Waals surface area contributed by atoms with Gasteiger partial charge in [0.25, 0.3) is 5.91 Å². The van der Waals surface area contributed by atoms with E-state index in [9.17, 15) is 4.79 Å². The van der Waals surface area contributed by atoms with Gasteiger partial charge in [0.2, 0.25) is 0 Å². The van der Waals surface area contributed by atoms with E-state index >= 15 is 0 Å². The molecule has 2 bridgehead atoms. The third kappa shape index (κ3) is 3.26. The first-order valence-electron chi connectivity index (χ1n) is 8.96. The van der Waals surface area contributed by atoms with E-state index < -0.39 is 0 Å². The molecule has 1 aromatic carbocycles. The van der Waals surface area contributed by atoms with Crippen molar-refractivity contribution in [3.63, 3.8) is 0 Å². The number of amides is 1. The van der Waals surface area contributed by atoms with Crippen LogP contribution in [-0.4, -0.2) is 48.1 Å². The van der Waals surface area contributed by atoms with Gasteiger partial charge in [-0.05, 0) is 63.0 Å². The Balaban J connectivity index is 1.39. The molecule has 0 aliphatic carbocycles. The van der Waals surface area contributed by atoms with Crippen molar-refractivity contribution >= 4 is 5.91 Å². The molecule has 0 radical (unpaired) electrons. The molecule has 1 aromatic heterocycles. The Labute approximate surface area is 152 Å². The van der Waals surface area contributed by atoms with E-state index in [1.807, 2.05) is 0 Å². The van der Waals surface area contributed by atoms with Crippen LogP contribution >= 0.6 is 0 Å². The first kappa shape index (κ1) is 16.9. The Morgan fingerprint density at radius 1 is 1.27 bits per heavy atom. The lowest BCUT2D eigenvalue weighted by Crippen LogP contribution is -2.62. The van der Waals surface area contributed by atoms with Crippen molar-refractivity contribution in [2.75, 3.05) is 20.2 Å². The molecule has 1 N–H and O–H groups in total. The second kappa shape index (κ2) is 6.99. The maximum absolute atomic E-state index is 12.6. The molecule has 26 heavy (non-hydrogen) atoms. The first-order chi connectivity index (χ1) is 12.6. The van der Waals surface area contributed by atoms with Gasteiger partial charge in [-0.25, -0.2) is 0 Å². The molecule has 7 heteroatoms. The van der Waals surface area contributed by atoms with Crippen LogP contribution in [0.1, 0.15) is 30.1 Å². The standard InChI is InChI=1S/C19H23N3O4/c1-12-17(13-7-9-22(12)10-8-13)21-18(23)14-3-5-15(6-4-14)25-19-20-11-16(24-2)26-19/h3-6,11-13,17H,7-10H2,1-2H3,(H,21,23). The molecule has 3 aliphatic heterocycles. The summed E-state index contributed by atoms with van der Waals surface area (Å²) in [4.78, 5) is 19.0. The Hall–Kier alpha value is -2.54. The van der Waals surface area contributed by atoms with Gasteiger partial charge in [0.05, 0.1) is 7.11 Å². The second-order valence-electron chi connectivity index (χ2n) is 6.89. The van der Waals surface area contributed by atoms with Gasteiger partial charge in [-0.1, -0.05) is 0 Å². The third-order valence-corrected chi connectivity index (χ3v) is 5.46. The van der Waals surface area contributed by atoms with Crippen molar-refractivity contribution in [3.05, 3.63) is 36.0 Å². The van der Waals surface area contributed by atoms with Crippen LogP contribution in [0.2, 0.25) is 0 Å². The average Bonchev–Trinajstić information content (AvgIpc) is 3.13. The quantitative estimate of drug-likeness (QED) is 0.887. The largest absolute Gasteiger partial charge is 0.467 e. The Morgan fingerprint density at radius 2 is 2.00 bits per heavy atom. The summed E-state index contributed by atoms with van der Waals surface area (Å²) in [6.07, 6.45) is 3.87. The Morgan fingerprint density at radius 3 is 2.62 bits per heavy atom. The lowest BCUT2D eigenvalue weighted by Gasteiger charge is -2.49. The van der Waals surface area contributed by atoms with Crippen LogP contribution in [0.3, 0.4) is 0 Å². The highest BCUT2D eigenvalue weighted by molar-refractivity contribution is 5.94. The molecule has 0 spiro atoms. The van der Waals surface area contributed by atoms with Gasteiger partial charge in [0.15, 0.2) is 0 Å². The topological polar surface area (TPSA) is 76.8 Å². The number of benzene rings is 1. The lowest BCUT2D eigenvalue weighted by atomic mass is 9.79. The molecule has 2 unspecified atom stereocenters. The summed E-state index contributed by atoms with van der Waals surface area (Å²) in [6.45, 7) is 4.50. The SMILES string of the molecule is COc1cnc(Oc2ccc(C(=O)NC3C4CCN(CC4)C3C)cc2)o1. The molecule has 138 valence electrons. The fourth-order valence-corrected chi connectivity index (χ4v) is 3.94. The van der Waals surface area contributed by atoms with Gasteiger partial charge in [0, 0.05) is 17.6 Å². The van der Waals surface area contributed by atoms with E-state index in [0.29, 0.717) is 23.3 Å². The maximum Gasteiger partial charge on any atom is 0.402 e. The molecule has 3 saturated heterocycles. The number of hydrogen-bond donors (Lipinski definition) is 1. The van der Waals surface area contributed by atoms with Crippen LogP contribution in [0, 0.1) is 5.92 Å². The van der Waals surface area contributed by atoms with Gasteiger partial charge in [-0.2, -0.15) is 4.98 Å². The minimum Gasteiger partial charge on any atom is -0.467 e. The van der Waals surface area contributed by atoms with Gasteiger partial charge >= 0.3 is 12.0 Å². The van der Waals surface area contributed by atoms with Crippen molar-refractivity contribution in [3.8, 4) is 17.8 Å². The van der Waals surface area contributed by atoms with Gasteiger partial charge in [-0.3, -0.25) is 9.69 Å². The predicted octanol–water partition coefficient (Wildman–Crippen LogP) is 2.69. The van der Waals surface area contributed by atoms with Crippen molar-refractivity contribution < 1.29 is 18.7 Å². The molecule has 0 saturated carbocycles. The molecule has 3 aliphatic rings. The van der Waals surface area contributed by atoms with Crippen molar-refractivity contribution in [2.24, 2.45) is 5.92 Å². The normalized spacial score (nSPS) is 27.2. The van der Waals surface area contributed by atoms with Crippen LogP contribution in [0.4, 0.5) is 0 Å².